The third-order valence-electron chi connectivity index (χ3n) is 0.979. The molecule has 0 aromatic carbocycles. The van der Waals surface area contributed by atoms with Crippen LogP contribution in [0.4, 0.5) is 0 Å². The van der Waals surface area contributed by atoms with E-state index in [0.717, 1.165) is 12.8 Å². The Morgan fingerprint density at radius 2 is 2.50 bits per heavy atom. The van der Waals surface area contributed by atoms with Gasteiger partial charge in [-0.05, 0) is 19.8 Å². The molecule has 0 bridgehead atoms. The Labute approximate surface area is 51.4 Å². The third-order valence-corrected chi connectivity index (χ3v) is 0.979. The summed E-state index contributed by atoms with van der Waals surface area (Å²) in [6.07, 6.45) is 3.70. The van der Waals surface area contributed by atoms with Crippen molar-refractivity contribution in [2.45, 2.75) is 25.9 Å². The molecule has 1 atom stereocenters. The molecule has 0 aliphatic rings. The summed E-state index contributed by atoms with van der Waals surface area (Å²) in [7, 11) is 6.45. The number of hydrogen-bond donors (Lipinski definition) is 0. The lowest BCUT2D eigenvalue weighted by Crippen LogP contribution is -2.01. The van der Waals surface area contributed by atoms with E-state index in [2.05, 4.69) is 11.3 Å². The number of allylic oxidation sites excluding steroid dienone is 1. The van der Waals surface area contributed by atoms with Crippen molar-refractivity contribution in [3.63, 3.8) is 0 Å². The number of hydrogen-bond acceptors (Lipinski definition) is 1. The lowest BCUT2D eigenvalue weighted by atomic mass is 10.2. The fourth-order valence-electron chi connectivity index (χ4n) is 0.411. The van der Waals surface area contributed by atoms with Gasteiger partial charge in [0.1, 0.15) is 0 Å². The molecule has 0 heterocycles. The van der Waals surface area contributed by atoms with Gasteiger partial charge in [-0.3, -0.25) is 0 Å². The molecule has 45 valence electrons. The molecule has 0 saturated carbocycles. The molecule has 0 rings (SSSR count). The van der Waals surface area contributed by atoms with Crippen molar-refractivity contribution in [1.29, 1.82) is 0 Å². The molecule has 8 heavy (non-hydrogen) atoms. The predicted octanol–water partition coefficient (Wildman–Crippen LogP) is 1.90. The van der Waals surface area contributed by atoms with E-state index in [1.165, 1.54) is 0 Å². The maximum absolute atomic E-state index is 6.45. The van der Waals surface area contributed by atoms with Gasteiger partial charge in [-0.1, -0.05) is 6.08 Å². The van der Waals surface area contributed by atoms with E-state index in [4.69, 9.17) is 7.11 Å². The van der Waals surface area contributed by atoms with Gasteiger partial charge in [0.05, 0.1) is 6.10 Å². The normalized spacial score (nSPS) is 13.2. The van der Waals surface area contributed by atoms with Crippen LogP contribution in [0.1, 0.15) is 19.8 Å². The van der Waals surface area contributed by atoms with Crippen LogP contribution in [0.25, 0.3) is 0 Å². The average molecular weight is 111 g/mol. The van der Waals surface area contributed by atoms with Crippen molar-refractivity contribution >= 4 is 0 Å². The van der Waals surface area contributed by atoms with Gasteiger partial charge in [-0.15, -0.1) is 6.58 Å². The van der Waals surface area contributed by atoms with Crippen molar-refractivity contribution in [2.24, 2.45) is 0 Å². The quantitative estimate of drug-likeness (QED) is 0.503. The first-order valence-corrected chi connectivity index (χ1v) is 2.74. The molecule has 0 saturated heterocycles. The van der Waals surface area contributed by atoms with Crippen LogP contribution in [0.15, 0.2) is 12.7 Å². The summed E-state index contributed by atoms with van der Waals surface area (Å²) in [5.74, 6) is 0. The zero-order chi connectivity index (χ0) is 6.41. The predicted molar refractivity (Wildman–Crippen MR) is 33.2 cm³/mol. The van der Waals surface area contributed by atoms with Crippen molar-refractivity contribution < 1.29 is 4.74 Å². The summed E-state index contributed by atoms with van der Waals surface area (Å²) in [5.41, 5.74) is 0. The van der Waals surface area contributed by atoms with E-state index in [1.54, 1.807) is 0 Å². The first-order valence-electron chi connectivity index (χ1n) is 2.74. The van der Waals surface area contributed by atoms with E-state index in [9.17, 15) is 0 Å². The number of rotatable bonds is 4. The molecule has 1 unspecified atom stereocenters. The highest BCUT2D eigenvalue weighted by Gasteiger charge is 1.94. The largest absolute Gasteiger partial charge is 0.362 e. The van der Waals surface area contributed by atoms with Crippen molar-refractivity contribution in [3.05, 3.63) is 19.8 Å². The molecule has 0 fully saturated rings. The maximum Gasteiger partial charge on any atom is 0.173 e. The summed E-state index contributed by atoms with van der Waals surface area (Å²) in [5, 5.41) is 0. The smallest absolute Gasteiger partial charge is 0.173 e. The Morgan fingerprint density at radius 3 is 2.88 bits per heavy atom. The van der Waals surface area contributed by atoms with Gasteiger partial charge < -0.3 is 4.74 Å². The fraction of sp³-hybridized carbons (Fsp3) is 0.571. The van der Waals surface area contributed by atoms with E-state index in [0.29, 0.717) is 0 Å². The fourth-order valence-corrected chi connectivity index (χ4v) is 0.411. The molecule has 3 radical (unpaired) electrons. The van der Waals surface area contributed by atoms with Crippen molar-refractivity contribution in [3.8, 4) is 0 Å². The Hall–Kier alpha value is -0.300. The molecule has 0 spiro atoms. The van der Waals surface area contributed by atoms with E-state index in [1.807, 2.05) is 13.0 Å². The highest BCUT2D eigenvalue weighted by molar-refractivity contribution is 4.67. The zero-order valence-electron chi connectivity index (χ0n) is 5.18. The first-order chi connectivity index (χ1) is 3.81. The van der Waals surface area contributed by atoms with Crippen LogP contribution >= 0.6 is 0 Å². The lowest BCUT2D eigenvalue weighted by molar-refractivity contribution is 0.147. The molecule has 0 amide bonds. The summed E-state index contributed by atoms with van der Waals surface area (Å²) >= 11 is 0. The monoisotopic (exact) mass is 111 g/mol. The maximum atomic E-state index is 6.45. The van der Waals surface area contributed by atoms with E-state index in [-0.39, 0.29) is 6.10 Å². The number of ether oxygens (including phenoxy) is 1. The highest BCUT2D eigenvalue weighted by atomic mass is 16.5. The van der Waals surface area contributed by atoms with E-state index < -0.39 is 0 Å². The average Bonchev–Trinajstić information content (AvgIpc) is 1.83. The molecule has 0 aromatic rings. The Kier molecular flexibility index (Phi) is 4.67. The molecular formula is C7H11O. The Morgan fingerprint density at radius 1 is 1.88 bits per heavy atom. The van der Waals surface area contributed by atoms with Crippen LogP contribution in [0, 0.1) is 7.11 Å². The summed E-state index contributed by atoms with van der Waals surface area (Å²) < 4.78 is 4.25. The van der Waals surface area contributed by atoms with Gasteiger partial charge in [0.2, 0.25) is 0 Å². The van der Waals surface area contributed by atoms with Crippen LogP contribution in [-0.2, 0) is 4.74 Å². The molecule has 0 N–H and O–H groups in total. The minimum absolute atomic E-state index is 0.0491. The summed E-state index contributed by atoms with van der Waals surface area (Å²) in [6.45, 7) is 5.42. The van der Waals surface area contributed by atoms with Gasteiger partial charge in [0.15, 0.2) is 7.11 Å². The second kappa shape index (κ2) is 4.85. The molecular weight excluding hydrogens is 100 g/mol. The van der Waals surface area contributed by atoms with Crippen molar-refractivity contribution in [1.82, 2.24) is 0 Å². The van der Waals surface area contributed by atoms with Gasteiger partial charge in [0, 0.05) is 0 Å². The minimum Gasteiger partial charge on any atom is -0.362 e. The molecule has 0 aliphatic heterocycles. The Balaban J connectivity index is 2.97. The van der Waals surface area contributed by atoms with Gasteiger partial charge in [-0.25, -0.2) is 0 Å². The van der Waals surface area contributed by atoms with Gasteiger partial charge in [-0.2, -0.15) is 0 Å². The SMILES string of the molecule is [C]OC(C)CCC=C. The van der Waals surface area contributed by atoms with Gasteiger partial charge in [0.25, 0.3) is 0 Å². The summed E-state index contributed by atoms with van der Waals surface area (Å²) in [4.78, 5) is 0. The standard InChI is InChI=1S/C7H11O/c1-4-5-6-7(2)8-3/h4,7H,1,5-6H2,2H3. The highest BCUT2D eigenvalue weighted by Crippen LogP contribution is 1.99. The van der Waals surface area contributed by atoms with Crippen molar-refractivity contribution in [2.75, 3.05) is 0 Å². The third kappa shape index (κ3) is 3.88. The molecule has 1 heteroatoms. The molecule has 1 nitrogen and oxygen atoms in total. The van der Waals surface area contributed by atoms with Crippen LogP contribution < -0.4 is 0 Å². The minimum atomic E-state index is 0.0491. The second-order valence-electron chi connectivity index (χ2n) is 1.79. The first kappa shape index (κ1) is 7.70. The van der Waals surface area contributed by atoms with Gasteiger partial charge >= 0.3 is 0 Å². The lowest BCUT2D eigenvalue weighted by Gasteiger charge is -2.03. The topological polar surface area (TPSA) is 9.23 Å². The van der Waals surface area contributed by atoms with Crippen LogP contribution in [0.3, 0.4) is 0 Å². The van der Waals surface area contributed by atoms with Crippen LogP contribution in [0.2, 0.25) is 0 Å². The van der Waals surface area contributed by atoms with Crippen LogP contribution in [-0.4, -0.2) is 6.10 Å². The molecule has 0 aliphatic carbocycles. The Bertz CT molecular complexity index is 59.4. The molecule has 0 aromatic heterocycles. The van der Waals surface area contributed by atoms with E-state index >= 15 is 0 Å². The zero-order valence-corrected chi connectivity index (χ0v) is 5.18. The summed E-state index contributed by atoms with van der Waals surface area (Å²) in [6, 6.07) is 0. The second-order valence-corrected chi connectivity index (χ2v) is 1.79. The van der Waals surface area contributed by atoms with Crippen LogP contribution in [0.5, 0.6) is 0 Å².